The summed E-state index contributed by atoms with van der Waals surface area (Å²) in [6.07, 6.45) is 2.19. The van der Waals surface area contributed by atoms with E-state index in [0.29, 0.717) is 22.0 Å². The van der Waals surface area contributed by atoms with Crippen molar-refractivity contribution in [1.29, 1.82) is 0 Å². The molecule has 2 aromatic heterocycles. The second-order valence-corrected chi connectivity index (χ2v) is 6.12. The van der Waals surface area contributed by atoms with Gasteiger partial charge in [0.05, 0.1) is 40.6 Å². The zero-order valence-corrected chi connectivity index (χ0v) is 16.0. The number of carbonyl (C=O) groups excluding carboxylic acids is 1. The number of halogens is 4. The molecule has 0 unspecified atom stereocenters. The third kappa shape index (κ3) is 5.38. The average molecular weight is 421 g/mol. The second kappa shape index (κ2) is 9.12. The first kappa shape index (κ1) is 21.1. The molecule has 2 rings (SSSR count). The molecule has 0 spiro atoms. The van der Waals surface area contributed by atoms with Gasteiger partial charge in [-0.05, 0) is 19.9 Å². The number of hydrogen-bond acceptors (Lipinski definition) is 5. The number of rotatable bonds is 6. The number of alkyl halides is 2. The van der Waals surface area contributed by atoms with Crippen LogP contribution in [0.2, 0.25) is 10.0 Å². The summed E-state index contributed by atoms with van der Waals surface area (Å²) in [5, 5.41) is 5.28. The van der Waals surface area contributed by atoms with Crippen molar-refractivity contribution in [3.63, 3.8) is 0 Å². The highest BCUT2D eigenvalue weighted by molar-refractivity contribution is 6.32. The lowest BCUT2D eigenvalue weighted by molar-refractivity contribution is -0.0527. The maximum Gasteiger partial charge on any atom is 0.388 e. The van der Waals surface area contributed by atoms with Gasteiger partial charge in [-0.3, -0.25) is 4.98 Å². The van der Waals surface area contributed by atoms with Crippen molar-refractivity contribution in [2.45, 2.75) is 26.6 Å². The molecule has 146 valence electrons. The van der Waals surface area contributed by atoms with Gasteiger partial charge in [-0.1, -0.05) is 23.2 Å². The summed E-state index contributed by atoms with van der Waals surface area (Å²) in [4.78, 5) is 20.0. The molecule has 2 amide bonds. The second-order valence-electron chi connectivity index (χ2n) is 5.33. The van der Waals surface area contributed by atoms with Gasteiger partial charge in [-0.15, -0.1) is 0 Å². The first-order valence-electron chi connectivity index (χ1n) is 7.59. The van der Waals surface area contributed by atoms with Crippen LogP contribution in [0.1, 0.15) is 24.3 Å². The number of ether oxygens (including phenoxy) is 2. The summed E-state index contributed by atoms with van der Waals surface area (Å²) in [5.74, 6) is -0.441. The molecule has 2 N–H and O–H groups in total. The van der Waals surface area contributed by atoms with E-state index >= 15 is 0 Å². The number of carbonyl (C=O) groups is 1. The van der Waals surface area contributed by atoms with Crippen molar-refractivity contribution in [3.05, 3.63) is 39.8 Å². The van der Waals surface area contributed by atoms with E-state index in [1.54, 1.807) is 13.8 Å². The van der Waals surface area contributed by atoms with Crippen LogP contribution in [0.5, 0.6) is 5.88 Å². The Morgan fingerprint density at radius 3 is 2.52 bits per heavy atom. The van der Waals surface area contributed by atoms with Crippen LogP contribution < -0.4 is 15.4 Å². The van der Waals surface area contributed by atoms with E-state index in [1.165, 1.54) is 19.4 Å². The molecule has 0 aliphatic heterocycles. The number of amides is 2. The molecule has 2 heterocycles. The maximum atomic E-state index is 12.3. The first-order chi connectivity index (χ1) is 12.7. The van der Waals surface area contributed by atoms with E-state index in [1.807, 2.05) is 0 Å². The first-order valence-corrected chi connectivity index (χ1v) is 8.34. The fourth-order valence-electron chi connectivity index (χ4n) is 2.17. The Morgan fingerprint density at radius 2 is 1.93 bits per heavy atom. The van der Waals surface area contributed by atoms with E-state index in [0.717, 1.165) is 6.20 Å². The molecule has 27 heavy (non-hydrogen) atoms. The Balaban J connectivity index is 2.17. The minimum absolute atomic E-state index is 0.173. The van der Waals surface area contributed by atoms with E-state index in [2.05, 4.69) is 25.3 Å². The lowest BCUT2D eigenvalue weighted by atomic mass is 10.1. The number of nitrogens with zero attached hydrogens (tertiary/aromatic N) is 2. The predicted octanol–water partition coefficient (Wildman–Crippen LogP) is 5.04. The summed E-state index contributed by atoms with van der Waals surface area (Å²) < 4.78 is 33.9. The van der Waals surface area contributed by atoms with Crippen LogP contribution >= 0.6 is 23.2 Å². The van der Waals surface area contributed by atoms with Gasteiger partial charge >= 0.3 is 12.6 Å². The molecule has 1 atom stereocenters. The third-order valence-corrected chi connectivity index (χ3v) is 4.25. The molecular formula is C16H16Cl2F2N4O3. The Bertz CT molecular complexity index is 840. The lowest BCUT2D eigenvalue weighted by Gasteiger charge is -2.18. The van der Waals surface area contributed by atoms with Gasteiger partial charge < -0.3 is 20.1 Å². The van der Waals surface area contributed by atoms with Crippen LogP contribution in [0.15, 0.2) is 18.5 Å². The quantitative estimate of drug-likeness (QED) is 0.682. The van der Waals surface area contributed by atoms with Gasteiger partial charge in [-0.25, -0.2) is 9.78 Å². The van der Waals surface area contributed by atoms with Crippen LogP contribution in [0.3, 0.4) is 0 Å². The Kier molecular flexibility index (Phi) is 7.11. The number of pyridine rings is 2. The van der Waals surface area contributed by atoms with Crippen molar-refractivity contribution in [3.8, 4) is 5.88 Å². The standard InChI is InChI=1S/C16H16Cl2F2N4O3/c1-7-13(18)12(8(2)26-3)11(6-21-7)24-16(25)23-9-4-10(17)14(22-5-9)27-15(19)20/h4-6,8,15H,1-3H3,(H2,23,24,25)/t8-/m0/s1. The molecule has 0 radical (unpaired) electrons. The van der Waals surface area contributed by atoms with E-state index in [-0.39, 0.29) is 10.7 Å². The van der Waals surface area contributed by atoms with E-state index in [9.17, 15) is 13.6 Å². The van der Waals surface area contributed by atoms with Gasteiger partial charge in [0.15, 0.2) is 0 Å². The topological polar surface area (TPSA) is 85.4 Å². The highest BCUT2D eigenvalue weighted by Gasteiger charge is 2.19. The van der Waals surface area contributed by atoms with Crippen molar-refractivity contribution in [1.82, 2.24) is 9.97 Å². The summed E-state index contributed by atoms with van der Waals surface area (Å²) in [7, 11) is 1.51. The highest BCUT2D eigenvalue weighted by Crippen LogP contribution is 2.33. The summed E-state index contributed by atoms with van der Waals surface area (Å²) >= 11 is 12.1. The summed E-state index contributed by atoms with van der Waals surface area (Å²) in [5.41, 5.74) is 1.69. The van der Waals surface area contributed by atoms with Crippen LogP contribution in [0, 0.1) is 6.92 Å². The van der Waals surface area contributed by atoms with E-state index in [4.69, 9.17) is 27.9 Å². The SMILES string of the molecule is CO[C@@H](C)c1c(NC(=O)Nc2cnc(OC(F)F)c(Cl)c2)cnc(C)c1Cl. The number of hydrogen-bond donors (Lipinski definition) is 2. The zero-order valence-electron chi connectivity index (χ0n) is 14.5. The van der Waals surface area contributed by atoms with Crippen LogP contribution in [0.4, 0.5) is 25.0 Å². The molecule has 0 bridgehead atoms. The number of nitrogens with one attached hydrogen (secondary N) is 2. The van der Waals surface area contributed by atoms with Gasteiger partial charge in [0.2, 0.25) is 5.88 Å². The fourth-order valence-corrected chi connectivity index (χ4v) is 2.68. The molecule has 2 aromatic rings. The largest absolute Gasteiger partial charge is 0.415 e. The van der Waals surface area contributed by atoms with Crippen LogP contribution in [-0.2, 0) is 4.74 Å². The molecule has 7 nitrogen and oxygen atoms in total. The molecule has 0 aliphatic rings. The van der Waals surface area contributed by atoms with Gasteiger partial charge in [-0.2, -0.15) is 8.78 Å². The Morgan fingerprint density at radius 1 is 1.22 bits per heavy atom. The van der Waals surface area contributed by atoms with Crippen molar-refractivity contribution in [2.24, 2.45) is 0 Å². The minimum Gasteiger partial charge on any atom is -0.415 e. The molecule has 0 saturated carbocycles. The number of anilines is 2. The minimum atomic E-state index is -3.06. The van der Waals surface area contributed by atoms with Crippen molar-refractivity contribution >= 4 is 40.6 Å². The van der Waals surface area contributed by atoms with Crippen molar-refractivity contribution in [2.75, 3.05) is 17.7 Å². The van der Waals surface area contributed by atoms with Crippen molar-refractivity contribution < 1.29 is 23.0 Å². The molecule has 0 aliphatic carbocycles. The number of aryl methyl sites for hydroxylation is 1. The zero-order chi connectivity index (χ0) is 20.1. The molecule has 11 heteroatoms. The number of aromatic nitrogens is 2. The van der Waals surface area contributed by atoms with E-state index < -0.39 is 24.6 Å². The number of urea groups is 1. The van der Waals surface area contributed by atoms with Gasteiger partial charge in [0.1, 0.15) is 5.02 Å². The average Bonchev–Trinajstić information content (AvgIpc) is 2.60. The smallest absolute Gasteiger partial charge is 0.388 e. The fraction of sp³-hybridized carbons (Fsp3) is 0.312. The molecular weight excluding hydrogens is 405 g/mol. The molecule has 0 fully saturated rings. The summed E-state index contributed by atoms with van der Waals surface area (Å²) in [6.45, 7) is 0.446. The highest BCUT2D eigenvalue weighted by atomic mass is 35.5. The normalized spacial score (nSPS) is 12.0. The molecule has 0 saturated heterocycles. The summed E-state index contributed by atoms with van der Waals surface area (Å²) in [6, 6.07) is 0.590. The molecule has 0 aromatic carbocycles. The van der Waals surface area contributed by atoms with Gasteiger partial charge in [0.25, 0.3) is 0 Å². The Hall–Kier alpha value is -2.23. The number of methoxy groups -OCH3 is 1. The lowest BCUT2D eigenvalue weighted by Crippen LogP contribution is -2.21. The van der Waals surface area contributed by atoms with Gasteiger partial charge in [0, 0.05) is 12.7 Å². The maximum absolute atomic E-state index is 12.3. The predicted molar refractivity (Wildman–Crippen MR) is 97.9 cm³/mol. The van der Waals surface area contributed by atoms with Crippen LogP contribution in [-0.4, -0.2) is 29.7 Å². The third-order valence-electron chi connectivity index (χ3n) is 3.51. The Labute approximate surface area is 164 Å². The van der Waals surface area contributed by atoms with Crippen LogP contribution in [0.25, 0.3) is 0 Å². The monoisotopic (exact) mass is 420 g/mol.